The van der Waals surface area contributed by atoms with Crippen LogP contribution < -0.4 is 20.0 Å². The van der Waals surface area contributed by atoms with Crippen LogP contribution in [0.3, 0.4) is 0 Å². The van der Waals surface area contributed by atoms with E-state index in [0.717, 1.165) is 5.22 Å². The Morgan fingerprint density at radius 2 is 2.13 bits per heavy atom. The monoisotopic (exact) mass is 346 g/mol. The van der Waals surface area contributed by atoms with Crippen molar-refractivity contribution in [3.8, 4) is 17.4 Å². The summed E-state index contributed by atoms with van der Waals surface area (Å²) in [6.45, 7) is 0.163. The molecule has 0 unspecified atom stereocenters. The minimum absolute atomic E-state index is 0.0326. The second kappa shape index (κ2) is 5.04. The highest BCUT2D eigenvalue weighted by Crippen LogP contribution is 2.30. The fraction of sp³-hybridized carbons (Fsp3) is 0.133. The molecule has 1 aromatic carbocycles. The lowest BCUT2D eigenvalue weighted by Crippen LogP contribution is -2.30. The molecule has 1 aromatic heterocycles. The third-order valence-corrected chi connectivity index (χ3v) is 5.09. The van der Waals surface area contributed by atoms with Gasteiger partial charge >= 0.3 is 0 Å². The first-order valence-electron chi connectivity index (χ1n) is 6.68. The van der Waals surface area contributed by atoms with Gasteiger partial charge in [-0.3, -0.25) is 9.36 Å². The van der Waals surface area contributed by atoms with Crippen molar-refractivity contribution in [2.24, 2.45) is 12.0 Å². The average molecular weight is 346 g/mol. The summed E-state index contributed by atoms with van der Waals surface area (Å²) in [6, 6.07) is 3.47. The highest BCUT2D eigenvalue weighted by atomic mass is 32.1. The molecule has 6 nitrogen and oxygen atoms in total. The fourth-order valence-corrected chi connectivity index (χ4v) is 3.54. The van der Waals surface area contributed by atoms with Crippen molar-refractivity contribution in [3.05, 3.63) is 37.1 Å². The molecule has 0 fully saturated rings. The molecule has 0 atom stereocenters. The summed E-state index contributed by atoms with van der Waals surface area (Å²) in [5, 5.41) is 11.3. The van der Waals surface area contributed by atoms with Crippen LogP contribution in [-0.2, 0) is 11.8 Å². The predicted molar refractivity (Wildman–Crippen MR) is 86.6 cm³/mol. The molecule has 4 rings (SSSR count). The van der Waals surface area contributed by atoms with Gasteiger partial charge in [0.15, 0.2) is 15.5 Å². The lowest BCUT2D eigenvalue weighted by atomic mass is 10.1. The average Bonchev–Trinajstić information content (AvgIpc) is 3.06. The lowest BCUT2D eigenvalue weighted by molar-refractivity contribution is -0.114. The Hall–Kier alpha value is -2.45. The van der Waals surface area contributed by atoms with E-state index < -0.39 is 0 Å². The smallest absolute Gasteiger partial charge is 0.277 e. The molecular formula is C15H10N2O4S2. The Balaban J connectivity index is 1.88. The summed E-state index contributed by atoms with van der Waals surface area (Å²) in [6.07, 6.45) is 3.31. The molecule has 2 aliphatic heterocycles. The van der Waals surface area contributed by atoms with Gasteiger partial charge in [0.1, 0.15) is 0 Å². The Morgan fingerprint density at radius 3 is 2.83 bits per heavy atom. The molecule has 8 heteroatoms. The maximum absolute atomic E-state index is 12.2. The zero-order chi connectivity index (χ0) is 16.1. The second-order valence-electron chi connectivity index (χ2n) is 5.04. The standard InChI is InChI=1S/C15H10N2O4S2/c1-17-14(19)12(23-15(17)22)4-8-2-7-3-10-11(21-6-20-10)5-9(7)16-13(8)18/h2-5,19H,6H2,1H3/b8-4-. The number of ether oxygens (including phenoxy) is 2. The molecular weight excluding hydrogens is 336 g/mol. The Kier molecular flexibility index (Phi) is 3.10. The summed E-state index contributed by atoms with van der Waals surface area (Å²) in [7, 11) is 1.67. The van der Waals surface area contributed by atoms with Crippen LogP contribution in [0.2, 0.25) is 0 Å². The summed E-state index contributed by atoms with van der Waals surface area (Å²) < 4.78 is 12.6. The molecule has 0 spiro atoms. The van der Waals surface area contributed by atoms with Crippen LogP contribution in [0.4, 0.5) is 0 Å². The minimum atomic E-state index is -0.377. The summed E-state index contributed by atoms with van der Waals surface area (Å²) >= 11 is 6.35. The minimum Gasteiger partial charge on any atom is -0.493 e. The molecule has 116 valence electrons. The van der Waals surface area contributed by atoms with Crippen molar-refractivity contribution >= 4 is 41.6 Å². The van der Waals surface area contributed by atoms with E-state index >= 15 is 0 Å². The molecule has 23 heavy (non-hydrogen) atoms. The van der Waals surface area contributed by atoms with Gasteiger partial charge in [0.2, 0.25) is 12.7 Å². The largest absolute Gasteiger partial charge is 0.493 e. The van der Waals surface area contributed by atoms with E-state index in [-0.39, 0.29) is 18.6 Å². The van der Waals surface area contributed by atoms with E-state index in [1.807, 2.05) is 0 Å². The number of thiazole rings is 1. The number of nitrogens with zero attached hydrogens (tertiary/aromatic N) is 2. The first-order chi connectivity index (χ1) is 11.0. The number of carbonyl (C=O) groups is 1. The molecule has 2 aromatic rings. The highest BCUT2D eigenvalue weighted by molar-refractivity contribution is 7.73. The highest BCUT2D eigenvalue weighted by Gasteiger charge is 2.18. The number of aromatic hydroxyl groups is 1. The molecule has 0 radical (unpaired) electrons. The number of carbonyl (C=O) groups excluding carboxylic acids is 1. The summed E-state index contributed by atoms with van der Waals surface area (Å²) in [5.41, 5.74) is 0.378. The number of benzene rings is 1. The van der Waals surface area contributed by atoms with Crippen LogP contribution in [0.5, 0.6) is 17.4 Å². The van der Waals surface area contributed by atoms with Gasteiger partial charge in [-0.25, -0.2) is 4.99 Å². The molecule has 0 saturated carbocycles. The van der Waals surface area contributed by atoms with Crippen molar-refractivity contribution < 1.29 is 19.4 Å². The first kappa shape index (κ1) is 14.2. The number of rotatable bonds is 1. The van der Waals surface area contributed by atoms with Gasteiger partial charge in [-0.2, -0.15) is 0 Å². The van der Waals surface area contributed by atoms with Crippen molar-refractivity contribution in [1.29, 1.82) is 0 Å². The molecule has 0 bridgehead atoms. The zero-order valence-electron chi connectivity index (χ0n) is 11.9. The predicted octanol–water partition coefficient (Wildman–Crippen LogP) is 1.27. The van der Waals surface area contributed by atoms with Crippen molar-refractivity contribution in [3.63, 3.8) is 0 Å². The van der Waals surface area contributed by atoms with Gasteiger partial charge in [0, 0.05) is 23.9 Å². The van der Waals surface area contributed by atoms with Crippen LogP contribution in [0, 0.1) is 3.95 Å². The lowest BCUT2D eigenvalue weighted by Gasteiger charge is -2.04. The molecule has 1 N–H and O–H groups in total. The van der Waals surface area contributed by atoms with Crippen LogP contribution in [0.1, 0.15) is 4.88 Å². The number of aromatic nitrogens is 1. The van der Waals surface area contributed by atoms with Crippen molar-refractivity contribution in [2.45, 2.75) is 0 Å². The number of hydrogen-bond donors (Lipinski definition) is 1. The van der Waals surface area contributed by atoms with Gasteiger partial charge in [0.05, 0.1) is 10.2 Å². The van der Waals surface area contributed by atoms with Crippen LogP contribution in [0.25, 0.3) is 12.2 Å². The van der Waals surface area contributed by atoms with E-state index in [1.54, 1.807) is 31.3 Å². The summed E-state index contributed by atoms with van der Waals surface area (Å²) in [4.78, 5) is 16.8. The van der Waals surface area contributed by atoms with Crippen molar-refractivity contribution in [1.82, 2.24) is 4.57 Å². The normalized spacial score (nSPS) is 16.9. The maximum Gasteiger partial charge on any atom is 0.277 e. The number of hydrogen-bond acceptors (Lipinski definition) is 6. The molecule has 3 heterocycles. The van der Waals surface area contributed by atoms with Gasteiger partial charge in [-0.15, -0.1) is 11.3 Å². The van der Waals surface area contributed by atoms with Crippen molar-refractivity contribution in [2.75, 3.05) is 6.79 Å². The van der Waals surface area contributed by atoms with Gasteiger partial charge in [-0.05, 0) is 30.4 Å². The van der Waals surface area contributed by atoms with E-state index in [9.17, 15) is 9.90 Å². The third kappa shape index (κ3) is 2.27. The molecule has 0 aliphatic carbocycles. The second-order valence-corrected chi connectivity index (χ2v) is 6.72. The third-order valence-electron chi connectivity index (χ3n) is 3.60. The molecule has 2 aliphatic rings. The van der Waals surface area contributed by atoms with Crippen LogP contribution >= 0.6 is 23.6 Å². The maximum atomic E-state index is 12.2. The Morgan fingerprint density at radius 1 is 1.39 bits per heavy atom. The van der Waals surface area contributed by atoms with E-state index in [4.69, 9.17) is 21.7 Å². The van der Waals surface area contributed by atoms with Gasteiger partial charge in [0.25, 0.3) is 5.91 Å². The zero-order valence-corrected chi connectivity index (χ0v) is 13.5. The SMILES string of the molecule is Cn1c(O)c(/C=C2/C=c3cc4c(cc3=NC2=O)OCO4)sc1=S. The Bertz CT molecular complexity index is 1060. The quantitative estimate of drug-likeness (QED) is 0.622. The molecule has 1 amide bonds. The topological polar surface area (TPSA) is 73.0 Å². The number of amides is 1. The van der Waals surface area contributed by atoms with Crippen LogP contribution in [-0.4, -0.2) is 22.4 Å². The number of fused-ring (bicyclic) bond motifs is 2. The van der Waals surface area contributed by atoms with Gasteiger partial charge in [-0.1, -0.05) is 0 Å². The van der Waals surface area contributed by atoms with E-state index in [1.165, 1.54) is 15.9 Å². The summed E-state index contributed by atoms with van der Waals surface area (Å²) in [5.74, 6) is 0.866. The van der Waals surface area contributed by atoms with E-state index in [2.05, 4.69) is 4.99 Å². The Labute approximate surface area is 139 Å². The first-order valence-corrected chi connectivity index (χ1v) is 7.90. The van der Waals surface area contributed by atoms with E-state index in [0.29, 0.717) is 31.3 Å². The van der Waals surface area contributed by atoms with Gasteiger partial charge < -0.3 is 14.6 Å². The van der Waals surface area contributed by atoms with Crippen LogP contribution in [0.15, 0.2) is 22.7 Å². The molecule has 0 saturated heterocycles. The fourth-order valence-electron chi connectivity index (χ4n) is 2.36.